The maximum Gasteiger partial charge on any atom is 0.125 e. The first-order valence-electron chi connectivity index (χ1n) is 4.95. The maximum atomic E-state index is 9.94. The highest BCUT2D eigenvalue weighted by Gasteiger charge is 2.32. The molecule has 1 aliphatic rings. The van der Waals surface area contributed by atoms with Crippen molar-refractivity contribution >= 4 is 0 Å². The fraction of sp³-hybridized carbons (Fsp3) is 0.500. The standard InChI is InChI=1S/C12H16O2/c1-8-4-5-11-9(6-8)10(13)7-12(2,3)14-11/h4-6,10,13H,7H2,1-3H3. The predicted molar refractivity (Wildman–Crippen MR) is 55.5 cm³/mol. The van der Waals surface area contributed by atoms with E-state index in [0.717, 1.165) is 16.9 Å². The largest absolute Gasteiger partial charge is 0.487 e. The van der Waals surface area contributed by atoms with Crippen molar-refractivity contribution in [3.8, 4) is 5.75 Å². The first-order chi connectivity index (χ1) is 6.48. The normalized spacial score (nSPS) is 23.9. The highest BCUT2D eigenvalue weighted by Crippen LogP contribution is 2.39. The van der Waals surface area contributed by atoms with Crippen LogP contribution in [-0.4, -0.2) is 10.7 Å². The number of rotatable bonds is 0. The van der Waals surface area contributed by atoms with Crippen LogP contribution >= 0.6 is 0 Å². The Balaban J connectivity index is 2.45. The molecule has 0 bridgehead atoms. The van der Waals surface area contributed by atoms with Crippen LogP contribution in [0.2, 0.25) is 0 Å². The third-order valence-corrected chi connectivity index (χ3v) is 2.60. The minimum Gasteiger partial charge on any atom is -0.487 e. The molecule has 0 aliphatic carbocycles. The molecule has 14 heavy (non-hydrogen) atoms. The second kappa shape index (κ2) is 2.99. The number of ether oxygens (including phenoxy) is 1. The van der Waals surface area contributed by atoms with E-state index in [1.807, 2.05) is 39.0 Å². The molecule has 1 atom stereocenters. The molecule has 0 saturated heterocycles. The fourth-order valence-electron chi connectivity index (χ4n) is 1.94. The molecule has 0 spiro atoms. The smallest absolute Gasteiger partial charge is 0.125 e. The molecule has 1 aromatic carbocycles. The number of benzene rings is 1. The average molecular weight is 192 g/mol. The van der Waals surface area contributed by atoms with Crippen LogP contribution in [0.1, 0.15) is 37.5 Å². The Morgan fingerprint density at radius 1 is 1.43 bits per heavy atom. The van der Waals surface area contributed by atoms with Gasteiger partial charge < -0.3 is 9.84 Å². The minimum absolute atomic E-state index is 0.262. The topological polar surface area (TPSA) is 29.5 Å². The van der Waals surface area contributed by atoms with E-state index < -0.39 is 6.10 Å². The van der Waals surface area contributed by atoms with Gasteiger partial charge in [0.15, 0.2) is 0 Å². The van der Waals surface area contributed by atoms with Gasteiger partial charge in [0.25, 0.3) is 0 Å². The van der Waals surface area contributed by atoms with Crippen LogP contribution in [0.5, 0.6) is 5.75 Å². The summed E-state index contributed by atoms with van der Waals surface area (Å²) in [5.41, 5.74) is 1.82. The van der Waals surface area contributed by atoms with Gasteiger partial charge in [-0.15, -0.1) is 0 Å². The fourth-order valence-corrected chi connectivity index (χ4v) is 1.94. The number of aliphatic hydroxyl groups is 1. The van der Waals surface area contributed by atoms with Crippen molar-refractivity contribution in [3.05, 3.63) is 29.3 Å². The molecule has 1 aromatic rings. The Morgan fingerprint density at radius 3 is 2.86 bits per heavy atom. The minimum atomic E-state index is -0.395. The molecular weight excluding hydrogens is 176 g/mol. The monoisotopic (exact) mass is 192 g/mol. The molecule has 1 unspecified atom stereocenters. The summed E-state index contributed by atoms with van der Waals surface area (Å²) in [7, 11) is 0. The van der Waals surface area contributed by atoms with Gasteiger partial charge in [-0.05, 0) is 32.9 Å². The number of aryl methyl sites for hydroxylation is 1. The third kappa shape index (κ3) is 1.62. The first kappa shape index (κ1) is 9.53. The summed E-state index contributed by atoms with van der Waals surface area (Å²) in [6.45, 7) is 6.02. The predicted octanol–water partition coefficient (Wildman–Crippen LogP) is 2.59. The zero-order valence-electron chi connectivity index (χ0n) is 8.87. The molecule has 0 fully saturated rings. The number of aliphatic hydroxyl groups excluding tert-OH is 1. The van der Waals surface area contributed by atoms with Crippen molar-refractivity contribution in [3.63, 3.8) is 0 Å². The van der Waals surface area contributed by atoms with Crippen molar-refractivity contribution in [2.45, 2.75) is 38.9 Å². The molecule has 0 saturated carbocycles. The van der Waals surface area contributed by atoms with Crippen molar-refractivity contribution in [2.75, 3.05) is 0 Å². The molecule has 2 heteroatoms. The molecule has 1 heterocycles. The lowest BCUT2D eigenvalue weighted by Crippen LogP contribution is -2.34. The quantitative estimate of drug-likeness (QED) is 0.684. The number of fused-ring (bicyclic) bond motifs is 1. The van der Waals surface area contributed by atoms with Crippen LogP contribution in [0.25, 0.3) is 0 Å². The van der Waals surface area contributed by atoms with E-state index in [1.165, 1.54) is 0 Å². The van der Waals surface area contributed by atoms with E-state index in [9.17, 15) is 5.11 Å². The van der Waals surface area contributed by atoms with E-state index in [-0.39, 0.29) is 5.60 Å². The Labute approximate surface area is 84.5 Å². The highest BCUT2D eigenvalue weighted by molar-refractivity contribution is 5.40. The van der Waals surface area contributed by atoms with Crippen LogP contribution in [0.3, 0.4) is 0 Å². The highest BCUT2D eigenvalue weighted by atomic mass is 16.5. The summed E-state index contributed by atoms with van der Waals surface area (Å²) in [5, 5.41) is 9.94. The summed E-state index contributed by atoms with van der Waals surface area (Å²) < 4.78 is 5.78. The second-order valence-corrected chi connectivity index (χ2v) is 4.62. The van der Waals surface area contributed by atoms with Crippen LogP contribution in [0, 0.1) is 6.92 Å². The Hall–Kier alpha value is -1.02. The maximum absolute atomic E-state index is 9.94. The van der Waals surface area contributed by atoms with Gasteiger partial charge in [0, 0.05) is 12.0 Å². The number of hydrogen-bond acceptors (Lipinski definition) is 2. The van der Waals surface area contributed by atoms with Gasteiger partial charge in [-0.2, -0.15) is 0 Å². The van der Waals surface area contributed by atoms with E-state index in [1.54, 1.807) is 0 Å². The molecule has 76 valence electrons. The summed E-state index contributed by atoms with van der Waals surface area (Å²) >= 11 is 0. The summed E-state index contributed by atoms with van der Waals surface area (Å²) in [6.07, 6.45) is 0.261. The van der Waals surface area contributed by atoms with Gasteiger partial charge in [0.05, 0.1) is 6.10 Å². The lowest BCUT2D eigenvalue weighted by molar-refractivity contribution is 0.0115. The van der Waals surface area contributed by atoms with Crippen LogP contribution < -0.4 is 4.74 Å². The van der Waals surface area contributed by atoms with Crippen molar-refractivity contribution < 1.29 is 9.84 Å². The van der Waals surface area contributed by atoms with Gasteiger partial charge >= 0.3 is 0 Å². The van der Waals surface area contributed by atoms with Crippen molar-refractivity contribution in [1.29, 1.82) is 0 Å². The lowest BCUT2D eigenvalue weighted by atomic mass is 9.91. The first-order valence-corrected chi connectivity index (χ1v) is 4.95. The van der Waals surface area contributed by atoms with Crippen molar-refractivity contribution in [1.82, 2.24) is 0 Å². The second-order valence-electron chi connectivity index (χ2n) is 4.62. The number of hydrogen-bond donors (Lipinski definition) is 1. The molecular formula is C12H16O2. The van der Waals surface area contributed by atoms with Crippen LogP contribution in [0.4, 0.5) is 0 Å². The van der Waals surface area contributed by atoms with Gasteiger partial charge in [-0.1, -0.05) is 11.6 Å². The molecule has 2 rings (SSSR count). The van der Waals surface area contributed by atoms with Gasteiger partial charge in [-0.25, -0.2) is 0 Å². The SMILES string of the molecule is Cc1ccc2c(c1)C(O)CC(C)(C)O2. The summed E-state index contributed by atoms with van der Waals surface area (Å²) in [6, 6.07) is 5.94. The van der Waals surface area contributed by atoms with E-state index in [0.29, 0.717) is 6.42 Å². The molecule has 0 aromatic heterocycles. The summed E-state index contributed by atoms with van der Waals surface area (Å²) in [4.78, 5) is 0. The summed E-state index contributed by atoms with van der Waals surface area (Å²) in [5.74, 6) is 0.819. The molecule has 1 N–H and O–H groups in total. The van der Waals surface area contributed by atoms with E-state index >= 15 is 0 Å². The lowest BCUT2D eigenvalue weighted by Gasteiger charge is -2.35. The third-order valence-electron chi connectivity index (χ3n) is 2.60. The van der Waals surface area contributed by atoms with E-state index in [2.05, 4.69) is 0 Å². The molecule has 0 radical (unpaired) electrons. The Morgan fingerprint density at radius 2 is 2.14 bits per heavy atom. The zero-order chi connectivity index (χ0) is 10.3. The Kier molecular flexibility index (Phi) is 2.04. The van der Waals surface area contributed by atoms with Gasteiger partial charge in [0.1, 0.15) is 11.4 Å². The van der Waals surface area contributed by atoms with Crippen LogP contribution in [-0.2, 0) is 0 Å². The van der Waals surface area contributed by atoms with Crippen LogP contribution in [0.15, 0.2) is 18.2 Å². The Bertz CT molecular complexity index is 355. The zero-order valence-corrected chi connectivity index (χ0v) is 8.87. The van der Waals surface area contributed by atoms with E-state index in [4.69, 9.17) is 4.74 Å². The molecule has 2 nitrogen and oxygen atoms in total. The molecule has 0 amide bonds. The average Bonchev–Trinajstić information content (AvgIpc) is 2.05. The molecule has 1 aliphatic heterocycles. The van der Waals surface area contributed by atoms with Crippen molar-refractivity contribution in [2.24, 2.45) is 0 Å². The van der Waals surface area contributed by atoms with Gasteiger partial charge in [0.2, 0.25) is 0 Å². The van der Waals surface area contributed by atoms with Gasteiger partial charge in [-0.3, -0.25) is 0 Å².